The van der Waals surface area contributed by atoms with Crippen molar-refractivity contribution in [1.82, 2.24) is 0 Å². The van der Waals surface area contributed by atoms with Gasteiger partial charge in [0, 0.05) is 17.0 Å². The van der Waals surface area contributed by atoms with E-state index >= 15 is 0 Å². The number of ether oxygens (including phenoxy) is 1. The summed E-state index contributed by atoms with van der Waals surface area (Å²) < 4.78 is 44.5. The number of nitro benzene ring substituents is 1. The Morgan fingerprint density at radius 1 is 1.29 bits per heavy atom. The maximum Gasteiger partial charge on any atom is 0.418 e. The van der Waals surface area contributed by atoms with Crippen molar-refractivity contribution in [1.29, 1.82) is 0 Å². The van der Waals surface area contributed by atoms with Crippen LogP contribution in [0.3, 0.4) is 0 Å². The zero-order chi connectivity index (χ0) is 21.2. The molecule has 0 bridgehead atoms. The van der Waals surface area contributed by atoms with E-state index in [1.165, 1.54) is 18.4 Å². The molecule has 0 aliphatic rings. The number of halogens is 3. The summed E-state index contributed by atoms with van der Waals surface area (Å²) in [6, 6.07) is 2.27. The highest BCUT2D eigenvalue weighted by atomic mass is 32.1. The van der Waals surface area contributed by atoms with Gasteiger partial charge < -0.3 is 15.4 Å². The first-order valence-corrected chi connectivity index (χ1v) is 8.80. The molecule has 0 fully saturated rings. The lowest BCUT2D eigenvalue weighted by Gasteiger charge is -2.15. The van der Waals surface area contributed by atoms with Crippen LogP contribution in [-0.4, -0.2) is 23.1 Å². The van der Waals surface area contributed by atoms with Gasteiger partial charge in [-0.2, -0.15) is 13.2 Å². The molecule has 7 nitrogen and oxygen atoms in total. The van der Waals surface area contributed by atoms with Gasteiger partial charge in [0.25, 0.3) is 5.69 Å². The third kappa shape index (κ3) is 4.57. The van der Waals surface area contributed by atoms with E-state index in [1.54, 1.807) is 13.8 Å². The molecule has 12 heteroatoms. The number of thiocarbonyl (C=S) groups is 1. The largest absolute Gasteiger partial charge is 0.465 e. The van der Waals surface area contributed by atoms with Gasteiger partial charge in [-0.25, -0.2) is 4.79 Å². The van der Waals surface area contributed by atoms with Crippen LogP contribution in [0.25, 0.3) is 0 Å². The second-order valence-corrected chi connectivity index (χ2v) is 7.18. The van der Waals surface area contributed by atoms with Crippen molar-refractivity contribution in [3.63, 3.8) is 0 Å². The standard InChI is InChI=1S/C16H14F3N3O4S2/c1-7-8(2)28-13(12(7)14(23)26-3)21-15(27)20-11-5-4-9(22(24)25)6-10(11)16(17,18)19/h4-6H,1-3H3,(H2,20,21,27). The Kier molecular flexibility index (Phi) is 6.24. The van der Waals surface area contributed by atoms with Crippen molar-refractivity contribution in [3.8, 4) is 0 Å². The summed E-state index contributed by atoms with van der Waals surface area (Å²) in [7, 11) is 1.21. The van der Waals surface area contributed by atoms with E-state index < -0.39 is 34.0 Å². The molecule has 0 spiro atoms. The van der Waals surface area contributed by atoms with E-state index in [0.29, 0.717) is 16.6 Å². The van der Waals surface area contributed by atoms with E-state index in [4.69, 9.17) is 17.0 Å². The molecular formula is C16H14F3N3O4S2. The highest BCUT2D eigenvalue weighted by Gasteiger charge is 2.35. The Morgan fingerprint density at radius 3 is 2.46 bits per heavy atom. The zero-order valence-electron chi connectivity index (χ0n) is 14.8. The Morgan fingerprint density at radius 2 is 1.93 bits per heavy atom. The summed E-state index contributed by atoms with van der Waals surface area (Å²) in [5, 5.41) is 15.9. The van der Waals surface area contributed by atoms with Crippen molar-refractivity contribution in [2.24, 2.45) is 0 Å². The average molecular weight is 433 g/mol. The number of nitro groups is 1. The third-order valence-corrected chi connectivity index (χ3v) is 5.10. The van der Waals surface area contributed by atoms with Crippen molar-refractivity contribution in [2.75, 3.05) is 17.7 Å². The Bertz CT molecular complexity index is 957. The minimum Gasteiger partial charge on any atom is -0.465 e. The predicted molar refractivity (Wildman–Crippen MR) is 103 cm³/mol. The molecule has 1 aromatic heterocycles. The summed E-state index contributed by atoms with van der Waals surface area (Å²) >= 11 is 6.24. The molecule has 2 aromatic rings. The number of esters is 1. The lowest BCUT2D eigenvalue weighted by atomic mass is 10.1. The van der Waals surface area contributed by atoms with E-state index in [2.05, 4.69) is 10.6 Å². The fraction of sp³-hybridized carbons (Fsp3) is 0.250. The van der Waals surface area contributed by atoms with Crippen LogP contribution in [0, 0.1) is 24.0 Å². The first-order valence-electron chi connectivity index (χ1n) is 7.57. The molecule has 0 amide bonds. The lowest BCUT2D eigenvalue weighted by molar-refractivity contribution is -0.385. The van der Waals surface area contributed by atoms with Crippen molar-refractivity contribution >= 4 is 51.0 Å². The molecule has 1 aromatic carbocycles. The number of thiophene rings is 1. The van der Waals surface area contributed by atoms with Gasteiger partial charge >= 0.3 is 12.1 Å². The van der Waals surface area contributed by atoms with Crippen molar-refractivity contribution in [3.05, 3.63) is 49.9 Å². The minimum absolute atomic E-state index is 0.217. The first kappa shape index (κ1) is 21.6. The number of methoxy groups -OCH3 is 1. The van der Waals surface area contributed by atoms with Gasteiger partial charge in [-0.3, -0.25) is 10.1 Å². The summed E-state index contributed by atoms with van der Waals surface area (Å²) in [5.74, 6) is -0.613. The number of benzene rings is 1. The van der Waals surface area contributed by atoms with Crippen LogP contribution in [0.15, 0.2) is 18.2 Å². The number of non-ortho nitro benzene ring substituents is 1. The fourth-order valence-corrected chi connectivity index (χ4v) is 3.64. The minimum atomic E-state index is -4.84. The van der Waals surface area contributed by atoms with Crippen LogP contribution >= 0.6 is 23.6 Å². The van der Waals surface area contributed by atoms with Gasteiger partial charge in [-0.15, -0.1) is 11.3 Å². The van der Waals surface area contributed by atoms with Gasteiger partial charge in [0.15, 0.2) is 5.11 Å². The molecule has 0 aliphatic heterocycles. The molecule has 0 saturated carbocycles. The highest BCUT2D eigenvalue weighted by Crippen LogP contribution is 2.37. The molecule has 0 radical (unpaired) electrons. The van der Waals surface area contributed by atoms with Crippen LogP contribution in [0.4, 0.5) is 29.5 Å². The number of carbonyl (C=O) groups is 1. The van der Waals surface area contributed by atoms with Crippen molar-refractivity contribution in [2.45, 2.75) is 20.0 Å². The third-order valence-electron chi connectivity index (χ3n) is 3.77. The number of hydrogen-bond donors (Lipinski definition) is 2. The Labute approximate surface area is 166 Å². The second kappa shape index (κ2) is 8.10. The summed E-state index contributed by atoms with van der Waals surface area (Å²) in [6.45, 7) is 3.48. The Hall–Kier alpha value is -2.73. The molecule has 0 atom stereocenters. The average Bonchev–Trinajstić information content (AvgIpc) is 2.87. The van der Waals surface area contributed by atoms with Gasteiger partial charge in [0.1, 0.15) is 5.00 Å². The molecule has 0 saturated heterocycles. The van der Waals surface area contributed by atoms with Gasteiger partial charge in [0.2, 0.25) is 0 Å². The SMILES string of the molecule is COC(=O)c1c(NC(=S)Nc2ccc([N+](=O)[O-])cc2C(F)(F)F)sc(C)c1C. The van der Waals surface area contributed by atoms with E-state index in [0.717, 1.165) is 17.0 Å². The van der Waals surface area contributed by atoms with E-state index in [-0.39, 0.29) is 10.7 Å². The number of nitrogens with zero attached hydrogens (tertiary/aromatic N) is 1. The van der Waals surface area contributed by atoms with Gasteiger partial charge in [0.05, 0.1) is 28.8 Å². The maximum absolute atomic E-state index is 13.3. The zero-order valence-corrected chi connectivity index (χ0v) is 16.4. The van der Waals surface area contributed by atoms with Crippen LogP contribution in [0.2, 0.25) is 0 Å². The van der Waals surface area contributed by atoms with E-state index in [1.807, 2.05) is 0 Å². The predicted octanol–water partition coefficient (Wildman–Crippen LogP) is 4.89. The number of carbonyl (C=O) groups excluding carboxylic acids is 1. The second-order valence-electron chi connectivity index (χ2n) is 5.54. The maximum atomic E-state index is 13.3. The molecule has 150 valence electrons. The van der Waals surface area contributed by atoms with Crippen molar-refractivity contribution < 1.29 is 27.6 Å². The molecule has 2 N–H and O–H groups in total. The fourth-order valence-electron chi connectivity index (χ4n) is 2.31. The van der Waals surface area contributed by atoms with Crippen LogP contribution in [-0.2, 0) is 10.9 Å². The lowest BCUT2D eigenvalue weighted by Crippen LogP contribution is -2.22. The summed E-state index contributed by atoms with van der Waals surface area (Å²) in [6.07, 6.45) is -4.84. The number of aryl methyl sites for hydroxylation is 1. The van der Waals surface area contributed by atoms with E-state index in [9.17, 15) is 28.1 Å². The number of anilines is 2. The quantitative estimate of drug-likeness (QED) is 0.307. The molecule has 0 unspecified atom stereocenters. The molecule has 28 heavy (non-hydrogen) atoms. The topological polar surface area (TPSA) is 93.5 Å². The van der Waals surface area contributed by atoms with Gasteiger partial charge in [-0.05, 0) is 37.7 Å². The smallest absolute Gasteiger partial charge is 0.418 e. The monoisotopic (exact) mass is 433 g/mol. The summed E-state index contributed by atoms with van der Waals surface area (Å²) in [5.41, 5.74) is -1.51. The normalized spacial score (nSPS) is 11.1. The first-order chi connectivity index (χ1) is 13.0. The number of nitrogens with one attached hydrogen (secondary N) is 2. The summed E-state index contributed by atoms with van der Waals surface area (Å²) in [4.78, 5) is 22.6. The van der Waals surface area contributed by atoms with Crippen LogP contribution in [0.1, 0.15) is 26.4 Å². The van der Waals surface area contributed by atoms with Crippen LogP contribution in [0.5, 0.6) is 0 Å². The van der Waals surface area contributed by atoms with Crippen LogP contribution < -0.4 is 10.6 Å². The molecule has 0 aliphatic carbocycles. The molecular weight excluding hydrogens is 419 g/mol. The van der Waals surface area contributed by atoms with Gasteiger partial charge in [-0.1, -0.05) is 0 Å². The molecule has 2 rings (SSSR count). The highest BCUT2D eigenvalue weighted by molar-refractivity contribution is 7.80. The molecule has 1 heterocycles. The number of hydrogen-bond acceptors (Lipinski definition) is 6. The number of rotatable bonds is 4. The number of alkyl halides is 3. The Balaban J connectivity index is 2.33.